The summed E-state index contributed by atoms with van der Waals surface area (Å²) in [5.74, 6) is -3.10. The molecule has 0 bridgehead atoms. The first-order valence-corrected chi connectivity index (χ1v) is 34.6. The third-order valence-corrected chi connectivity index (χ3v) is 15.9. The Morgan fingerprint density at radius 2 is 0.723 bits per heavy atom. The molecular weight excluding hydrogens is 1040 g/mol. The predicted octanol–water partition coefficient (Wildman–Crippen LogP) is 18.9. The maximum absolute atomic E-state index is 13.2. The lowest BCUT2D eigenvalue weighted by atomic mass is 9.98. The van der Waals surface area contributed by atoms with Gasteiger partial charge in [0.25, 0.3) is 0 Å². The number of hydrogen-bond donors (Lipinski definition) is 3. The maximum atomic E-state index is 13.2. The van der Waals surface area contributed by atoms with Crippen molar-refractivity contribution >= 4 is 23.9 Å². The second kappa shape index (κ2) is 59.0. The second-order valence-corrected chi connectivity index (χ2v) is 23.8. The van der Waals surface area contributed by atoms with Crippen LogP contribution in [-0.4, -0.2) is 89.2 Å². The monoisotopic (exact) mass is 1170 g/mol. The summed E-state index contributed by atoms with van der Waals surface area (Å²) in [5, 5.41) is 31.6. The predicted molar refractivity (Wildman–Crippen MR) is 340 cm³/mol. The molecule has 0 saturated carbocycles. The highest BCUT2D eigenvalue weighted by atomic mass is 16.7. The van der Waals surface area contributed by atoms with E-state index in [9.17, 15) is 34.5 Å². The lowest BCUT2D eigenvalue weighted by molar-refractivity contribution is -0.301. The third-order valence-electron chi connectivity index (χ3n) is 15.9. The molecule has 0 aromatic heterocycles. The zero-order chi connectivity index (χ0) is 60.3. The van der Waals surface area contributed by atoms with E-state index in [1.165, 1.54) is 173 Å². The number of carboxylic acid groups (broad SMARTS) is 1. The van der Waals surface area contributed by atoms with Gasteiger partial charge in [0.05, 0.1) is 6.61 Å². The fourth-order valence-corrected chi connectivity index (χ4v) is 10.5. The molecular formula is C71H126O12. The molecule has 0 aromatic carbocycles. The summed E-state index contributed by atoms with van der Waals surface area (Å²) in [5.41, 5.74) is 0. The molecule has 0 amide bonds. The standard InChI is InChI=1S/C71H126O12/c1-4-7-10-13-16-19-22-25-28-30-32-34-37-39-42-45-48-51-54-57-63(72)79-60-62(81-64(73)58-55-52-49-46-43-41-38-35-33-31-29-26-23-20-17-14-11-8-5-2)61-80-71-69(67(76)66(75)68(83-71)70(77)78)82-65(74)59-56-53-50-47-44-40-36-27-24-21-18-15-12-9-6-3/h16-17,19-20,25-26,28-29,62,66-69,71,75-76H,4-15,18,21-24,27,30-61H2,1-3H3,(H,77,78)/b19-16-,20-17-,28-25-,29-26-. The molecule has 1 rings (SSSR count). The number of carbonyl (C=O) groups excluding carboxylic acids is 3. The van der Waals surface area contributed by atoms with E-state index in [-0.39, 0.29) is 25.9 Å². The summed E-state index contributed by atoms with van der Waals surface area (Å²) in [6.45, 7) is 6.00. The number of esters is 3. The van der Waals surface area contributed by atoms with Crippen LogP contribution in [0.4, 0.5) is 0 Å². The van der Waals surface area contributed by atoms with E-state index in [4.69, 9.17) is 23.7 Å². The van der Waals surface area contributed by atoms with Gasteiger partial charge in [-0.2, -0.15) is 0 Å². The van der Waals surface area contributed by atoms with Crippen molar-refractivity contribution in [2.45, 2.75) is 366 Å². The quantitative estimate of drug-likeness (QED) is 0.0228. The van der Waals surface area contributed by atoms with Crippen molar-refractivity contribution in [2.75, 3.05) is 13.2 Å². The Hall–Kier alpha value is -3.32. The van der Waals surface area contributed by atoms with Crippen molar-refractivity contribution in [2.24, 2.45) is 0 Å². The van der Waals surface area contributed by atoms with E-state index in [1.807, 2.05) is 0 Å². The van der Waals surface area contributed by atoms with Crippen LogP contribution < -0.4 is 0 Å². The summed E-state index contributed by atoms with van der Waals surface area (Å²) in [6.07, 6.45) is 60.6. The first-order valence-electron chi connectivity index (χ1n) is 34.6. The number of unbranched alkanes of at least 4 members (excludes halogenated alkanes) is 38. The number of carboxylic acids is 1. The minimum atomic E-state index is -1.90. The Balaban J connectivity index is 2.63. The summed E-state index contributed by atoms with van der Waals surface area (Å²) in [6, 6.07) is 0. The number of aliphatic hydroxyl groups excluding tert-OH is 2. The fourth-order valence-electron chi connectivity index (χ4n) is 10.5. The molecule has 83 heavy (non-hydrogen) atoms. The molecule has 12 heteroatoms. The maximum Gasteiger partial charge on any atom is 0.335 e. The van der Waals surface area contributed by atoms with Crippen LogP contribution >= 0.6 is 0 Å². The Labute approximate surface area is 507 Å². The van der Waals surface area contributed by atoms with E-state index in [0.29, 0.717) is 19.3 Å². The molecule has 0 aliphatic carbocycles. The van der Waals surface area contributed by atoms with Crippen LogP contribution in [0.25, 0.3) is 0 Å². The van der Waals surface area contributed by atoms with Crippen molar-refractivity contribution in [3.05, 3.63) is 48.6 Å². The van der Waals surface area contributed by atoms with Gasteiger partial charge >= 0.3 is 23.9 Å². The molecule has 12 nitrogen and oxygen atoms in total. The number of ether oxygens (including phenoxy) is 5. The smallest absolute Gasteiger partial charge is 0.335 e. The van der Waals surface area contributed by atoms with Crippen LogP contribution in [0.1, 0.15) is 329 Å². The third kappa shape index (κ3) is 48.5. The molecule has 1 saturated heterocycles. The van der Waals surface area contributed by atoms with Crippen LogP contribution in [0.2, 0.25) is 0 Å². The molecule has 1 aliphatic rings. The molecule has 0 spiro atoms. The topological polar surface area (TPSA) is 175 Å². The van der Waals surface area contributed by atoms with Gasteiger partial charge in [0.2, 0.25) is 0 Å². The zero-order valence-electron chi connectivity index (χ0n) is 53.5. The molecule has 3 N–H and O–H groups in total. The zero-order valence-corrected chi connectivity index (χ0v) is 53.5. The lowest BCUT2D eigenvalue weighted by Gasteiger charge is -2.40. The molecule has 1 heterocycles. The van der Waals surface area contributed by atoms with Crippen molar-refractivity contribution in [3.63, 3.8) is 0 Å². The Morgan fingerprint density at radius 1 is 0.398 bits per heavy atom. The highest BCUT2D eigenvalue weighted by Gasteiger charge is 2.50. The number of aliphatic hydroxyl groups is 2. The Kier molecular flexibility index (Phi) is 55.3. The van der Waals surface area contributed by atoms with Crippen molar-refractivity contribution in [1.82, 2.24) is 0 Å². The summed E-state index contributed by atoms with van der Waals surface area (Å²) < 4.78 is 28.6. The normalized spacial score (nSPS) is 17.8. The molecule has 6 unspecified atom stereocenters. The van der Waals surface area contributed by atoms with Crippen molar-refractivity contribution < 1.29 is 58.2 Å². The average Bonchev–Trinajstić information content (AvgIpc) is 3.58. The molecule has 0 aromatic rings. The van der Waals surface area contributed by atoms with Crippen molar-refractivity contribution in [1.29, 1.82) is 0 Å². The van der Waals surface area contributed by atoms with Gasteiger partial charge in [0.15, 0.2) is 24.6 Å². The molecule has 482 valence electrons. The highest BCUT2D eigenvalue weighted by molar-refractivity contribution is 5.74. The van der Waals surface area contributed by atoms with Gasteiger partial charge in [-0.1, -0.05) is 275 Å². The number of carbonyl (C=O) groups is 4. The van der Waals surface area contributed by atoms with E-state index in [2.05, 4.69) is 69.4 Å². The SMILES string of the molecule is CCCCC/C=C\C/C=C\CCCCCCCCCCCC(=O)OCC(COC1OC(C(=O)O)C(O)C(O)C1OC(=O)CCCCCCCCCCCCCCCCC)OC(=O)CCCCCCCCCCC/C=C\C/C=C\CCCCC. The molecule has 1 aliphatic heterocycles. The summed E-state index contributed by atoms with van der Waals surface area (Å²) >= 11 is 0. The number of allylic oxidation sites excluding steroid dienone is 8. The van der Waals surface area contributed by atoms with E-state index in [1.54, 1.807) is 0 Å². The molecule has 6 atom stereocenters. The van der Waals surface area contributed by atoms with Gasteiger partial charge in [-0.05, 0) is 83.5 Å². The first kappa shape index (κ1) is 77.7. The largest absolute Gasteiger partial charge is 0.479 e. The fraction of sp³-hybridized carbons (Fsp3) is 0.831. The van der Waals surface area contributed by atoms with Gasteiger partial charge in [-0.15, -0.1) is 0 Å². The van der Waals surface area contributed by atoms with Crippen LogP contribution in [0.5, 0.6) is 0 Å². The van der Waals surface area contributed by atoms with Gasteiger partial charge in [-0.3, -0.25) is 14.4 Å². The molecule has 1 fully saturated rings. The van der Waals surface area contributed by atoms with Gasteiger partial charge in [0.1, 0.15) is 18.8 Å². The van der Waals surface area contributed by atoms with E-state index >= 15 is 0 Å². The Morgan fingerprint density at radius 3 is 1.11 bits per heavy atom. The minimum Gasteiger partial charge on any atom is -0.479 e. The highest BCUT2D eigenvalue weighted by Crippen LogP contribution is 2.27. The minimum absolute atomic E-state index is 0.0645. The van der Waals surface area contributed by atoms with Crippen LogP contribution in [0, 0.1) is 0 Å². The second-order valence-electron chi connectivity index (χ2n) is 23.8. The van der Waals surface area contributed by atoms with Gasteiger partial charge < -0.3 is 39.0 Å². The number of rotatable bonds is 60. The van der Waals surface area contributed by atoms with E-state index in [0.717, 1.165) is 96.3 Å². The summed E-state index contributed by atoms with van der Waals surface area (Å²) in [7, 11) is 0. The van der Waals surface area contributed by atoms with E-state index < -0.39 is 67.3 Å². The van der Waals surface area contributed by atoms with Gasteiger partial charge in [0, 0.05) is 19.3 Å². The lowest BCUT2D eigenvalue weighted by Crippen LogP contribution is -2.61. The van der Waals surface area contributed by atoms with Crippen LogP contribution in [-0.2, 0) is 42.9 Å². The molecule has 0 radical (unpaired) electrons. The number of hydrogen-bond acceptors (Lipinski definition) is 11. The van der Waals surface area contributed by atoms with Gasteiger partial charge in [-0.25, -0.2) is 4.79 Å². The summed E-state index contributed by atoms with van der Waals surface area (Å²) in [4.78, 5) is 51.4. The van der Waals surface area contributed by atoms with Crippen LogP contribution in [0.15, 0.2) is 48.6 Å². The Bertz CT molecular complexity index is 1630. The average molecular weight is 1170 g/mol. The van der Waals surface area contributed by atoms with Crippen molar-refractivity contribution in [3.8, 4) is 0 Å². The van der Waals surface area contributed by atoms with Crippen LogP contribution in [0.3, 0.4) is 0 Å². The first-order chi connectivity index (χ1) is 40.6. The number of aliphatic carboxylic acids is 1.